The summed E-state index contributed by atoms with van der Waals surface area (Å²) < 4.78 is 0. The maximum absolute atomic E-state index is 2.72. The van der Waals surface area contributed by atoms with Crippen LogP contribution in [-0.2, 0) is 0 Å². The maximum atomic E-state index is 2.72. The van der Waals surface area contributed by atoms with Gasteiger partial charge in [0.05, 0.1) is 0 Å². The molecule has 0 aromatic heterocycles. The van der Waals surface area contributed by atoms with Crippen molar-refractivity contribution in [3.63, 3.8) is 0 Å². The zero-order valence-electron chi connectivity index (χ0n) is 21.0. The van der Waals surface area contributed by atoms with E-state index in [1.807, 2.05) is 0 Å². The van der Waals surface area contributed by atoms with Gasteiger partial charge >= 0.3 is 0 Å². The summed E-state index contributed by atoms with van der Waals surface area (Å²) in [6.07, 6.45) is 30.8. The second-order valence-electron chi connectivity index (χ2n) is 11.4. The second-order valence-corrected chi connectivity index (χ2v) is 11.4. The minimum atomic E-state index is 0.330. The summed E-state index contributed by atoms with van der Waals surface area (Å²) >= 11 is 0. The highest BCUT2D eigenvalue weighted by molar-refractivity contribution is 5.35. The third kappa shape index (κ3) is 5.60. The van der Waals surface area contributed by atoms with Crippen LogP contribution < -0.4 is 0 Å². The molecule has 32 heavy (non-hydrogen) atoms. The molecular weight excluding hydrogens is 384 g/mol. The molecule has 0 N–H and O–H groups in total. The van der Waals surface area contributed by atoms with Crippen molar-refractivity contribution in [3.8, 4) is 0 Å². The largest absolute Gasteiger partial charge is 0.0771 e. The molecule has 2 saturated carbocycles. The summed E-state index contributed by atoms with van der Waals surface area (Å²) in [5.74, 6) is 4.19. The molecule has 0 spiro atoms. The molecule has 0 radical (unpaired) electrons. The van der Waals surface area contributed by atoms with Crippen LogP contribution in [0.5, 0.6) is 0 Å². The van der Waals surface area contributed by atoms with E-state index in [-0.39, 0.29) is 0 Å². The Morgan fingerprint density at radius 3 is 1.75 bits per heavy atom. The van der Waals surface area contributed by atoms with Crippen LogP contribution in [0.2, 0.25) is 0 Å². The van der Waals surface area contributed by atoms with Gasteiger partial charge in [-0.05, 0) is 54.9 Å². The fraction of sp³-hybridized carbons (Fsp3) is 0.688. The molecule has 4 rings (SSSR count). The van der Waals surface area contributed by atoms with Crippen LogP contribution >= 0.6 is 0 Å². The van der Waals surface area contributed by atoms with E-state index in [9.17, 15) is 0 Å². The summed E-state index contributed by atoms with van der Waals surface area (Å²) in [7, 11) is 0. The summed E-state index contributed by atoms with van der Waals surface area (Å²) in [4.78, 5) is 0. The Hall–Kier alpha value is -1.30. The average Bonchev–Trinajstić information content (AvgIpc) is 2.86. The van der Waals surface area contributed by atoms with Gasteiger partial charge in [0.15, 0.2) is 0 Å². The summed E-state index contributed by atoms with van der Waals surface area (Å²) in [6, 6.07) is 11.1. The van der Waals surface area contributed by atoms with Gasteiger partial charge in [-0.15, -0.1) is 0 Å². The van der Waals surface area contributed by atoms with Crippen molar-refractivity contribution in [2.24, 2.45) is 29.1 Å². The average molecular weight is 433 g/mol. The molecule has 3 aliphatic rings. The number of unbranched alkanes of at least 4 members (excludes halogenated alkanes) is 2. The number of hydrogen-bond donors (Lipinski definition) is 0. The van der Waals surface area contributed by atoms with Gasteiger partial charge in [0.2, 0.25) is 0 Å². The van der Waals surface area contributed by atoms with Crippen molar-refractivity contribution in [3.05, 3.63) is 60.2 Å². The fourth-order valence-corrected chi connectivity index (χ4v) is 7.43. The molecule has 0 amide bonds. The van der Waals surface area contributed by atoms with Crippen molar-refractivity contribution in [2.45, 2.75) is 110 Å². The molecule has 0 heteroatoms. The van der Waals surface area contributed by atoms with Crippen LogP contribution in [0.15, 0.2) is 54.6 Å². The predicted molar refractivity (Wildman–Crippen MR) is 140 cm³/mol. The van der Waals surface area contributed by atoms with Crippen molar-refractivity contribution >= 4 is 0 Å². The third-order valence-corrected chi connectivity index (χ3v) is 9.39. The Kier molecular flexibility index (Phi) is 8.73. The molecule has 0 saturated heterocycles. The van der Waals surface area contributed by atoms with E-state index in [0.29, 0.717) is 11.3 Å². The quantitative estimate of drug-likeness (QED) is 0.269. The molecule has 3 aliphatic carbocycles. The Morgan fingerprint density at radius 2 is 1.22 bits per heavy atom. The normalized spacial score (nSPS) is 35.1. The number of benzene rings is 1. The first kappa shape index (κ1) is 23.8. The highest BCUT2D eigenvalue weighted by atomic mass is 14.5. The van der Waals surface area contributed by atoms with E-state index in [2.05, 4.69) is 68.5 Å². The van der Waals surface area contributed by atoms with Gasteiger partial charge in [-0.3, -0.25) is 0 Å². The Balaban J connectivity index is 1.47. The van der Waals surface area contributed by atoms with Crippen LogP contribution in [-0.4, -0.2) is 0 Å². The lowest BCUT2D eigenvalue weighted by Crippen LogP contribution is -2.40. The highest BCUT2D eigenvalue weighted by Crippen LogP contribution is 2.54. The minimum Gasteiger partial charge on any atom is -0.0771 e. The van der Waals surface area contributed by atoms with Gasteiger partial charge in [-0.2, -0.15) is 0 Å². The SMILES string of the molecule is CCCCC[C@H]1CC[C@H](C2([C@H]3CC[C@H](CCC)CC3)C=CC(c3ccccc3)C=C2)CC1. The van der Waals surface area contributed by atoms with Gasteiger partial charge in [0.1, 0.15) is 0 Å². The first-order valence-corrected chi connectivity index (χ1v) is 14.2. The predicted octanol–water partition coefficient (Wildman–Crippen LogP) is 9.88. The highest BCUT2D eigenvalue weighted by Gasteiger charge is 2.44. The zero-order valence-corrected chi connectivity index (χ0v) is 21.0. The molecule has 2 fully saturated rings. The van der Waals surface area contributed by atoms with E-state index in [1.54, 1.807) is 0 Å². The first-order valence-electron chi connectivity index (χ1n) is 14.2. The Bertz CT molecular complexity index is 696. The van der Waals surface area contributed by atoms with E-state index in [4.69, 9.17) is 0 Å². The fourth-order valence-electron chi connectivity index (χ4n) is 7.43. The third-order valence-electron chi connectivity index (χ3n) is 9.39. The van der Waals surface area contributed by atoms with E-state index < -0.39 is 0 Å². The maximum Gasteiger partial charge on any atom is 0.0199 e. The topological polar surface area (TPSA) is 0 Å². The number of allylic oxidation sites excluding steroid dienone is 4. The first-order chi connectivity index (χ1) is 15.7. The molecule has 0 heterocycles. The van der Waals surface area contributed by atoms with Gasteiger partial charge in [-0.25, -0.2) is 0 Å². The van der Waals surface area contributed by atoms with Crippen LogP contribution in [0.1, 0.15) is 115 Å². The molecule has 0 nitrogen and oxygen atoms in total. The molecule has 1 aromatic rings. The van der Waals surface area contributed by atoms with Gasteiger partial charge in [-0.1, -0.05) is 133 Å². The standard InChI is InChI=1S/C32H48/c1-3-5-7-11-27-16-20-31(21-17-27)32(30-18-14-26(10-4-2)15-19-30)24-22-29(23-25-32)28-12-8-6-9-13-28/h6,8-9,12-13,22-27,29-31H,3-5,7,10-11,14-21H2,1-2H3/t26-,27-,29?,30-,31-,32?. The van der Waals surface area contributed by atoms with Crippen molar-refractivity contribution in [1.82, 2.24) is 0 Å². The molecule has 176 valence electrons. The molecule has 0 bridgehead atoms. The van der Waals surface area contributed by atoms with Crippen LogP contribution in [0, 0.1) is 29.1 Å². The molecule has 1 aromatic carbocycles. The van der Waals surface area contributed by atoms with Gasteiger partial charge in [0.25, 0.3) is 0 Å². The zero-order chi connectivity index (χ0) is 22.2. The van der Waals surface area contributed by atoms with Crippen molar-refractivity contribution in [1.29, 1.82) is 0 Å². The van der Waals surface area contributed by atoms with E-state index in [1.165, 1.54) is 95.5 Å². The van der Waals surface area contributed by atoms with Gasteiger partial charge in [0, 0.05) is 11.3 Å². The summed E-state index contributed by atoms with van der Waals surface area (Å²) in [5.41, 5.74) is 1.77. The smallest absolute Gasteiger partial charge is 0.0199 e. The lowest BCUT2D eigenvalue weighted by molar-refractivity contribution is 0.0824. The van der Waals surface area contributed by atoms with Crippen LogP contribution in [0.4, 0.5) is 0 Å². The molecule has 0 unspecified atom stereocenters. The lowest BCUT2D eigenvalue weighted by atomic mass is 9.55. The summed E-state index contributed by atoms with van der Waals surface area (Å²) in [6.45, 7) is 4.70. The Morgan fingerprint density at radius 1 is 0.656 bits per heavy atom. The van der Waals surface area contributed by atoms with Crippen molar-refractivity contribution < 1.29 is 0 Å². The lowest BCUT2D eigenvalue weighted by Gasteiger charge is -2.49. The monoisotopic (exact) mass is 432 g/mol. The second kappa shape index (κ2) is 11.7. The molecule has 0 aliphatic heterocycles. The number of rotatable bonds is 9. The van der Waals surface area contributed by atoms with Crippen LogP contribution in [0.3, 0.4) is 0 Å². The Labute approximate surface area is 199 Å². The van der Waals surface area contributed by atoms with E-state index >= 15 is 0 Å². The summed E-state index contributed by atoms with van der Waals surface area (Å²) in [5, 5.41) is 0. The molecular formula is C32H48. The number of hydrogen-bond acceptors (Lipinski definition) is 0. The van der Waals surface area contributed by atoms with Crippen molar-refractivity contribution in [2.75, 3.05) is 0 Å². The van der Waals surface area contributed by atoms with Gasteiger partial charge < -0.3 is 0 Å². The van der Waals surface area contributed by atoms with E-state index in [0.717, 1.165) is 23.7 Å². The minimum absolute atomic E-state index is 0.330. The van der Waals surface area contributed by atoms with Crippen LogP contribution in [0.25, 0.3) is 0 Å². The molecule has 0 atom stereocenters.